The maximum absolute atomic E-state index is 5.91. The highest BCUT2D eigenvalue weighted by Gasteiger charge is 2.02. The zero-order chi connectivity index (χ0) is 19.9. The third kappa shape index (κ3) is 5.44. The lowest BCUT2D eigenvalue weighted by Crippen LogP contribution is -2.02. The van der Waals surface area contributed by atoms with Crippen LogP contribution in [0.4, 0.5) is 0 Å². The van der Waals surface area contributed by atoms with Crippen LogP contribution in [0.2, 0.25) is 5.28 Å². The highest BCUT2D eigenvalue weighted by molar-refractivity contribution is 6.28. The second-order valence-corrected chi connectivity index (χ2v) is 6.67. The zero-order valence-corrected chi connectivity index (χ0v) is 16.3. The first-order chi connectivity index (χ1) is 14.2. The fourth-order valence-corrected chi connectivity index (χ4v) is 2.88. The molecule has 5 nitrogen and oxygen atoms in total. The van der Waals surface area contributed by atoms with Gasteiger partial charge in [0.2, 0.25) is 5.28 Å². The zero-order valence-electron chi connectivity index (χ0n) is 15.5. The predicted octanol–water partition coefficient (Wildman–Crippen LogP) is 4.35. The second-order valence-electron chi connectivity index (χ2n) is 6.34. The monoisotopic (exact) mass is 400 g/mol. The van der Waals surface area contributed by atoms with Gasteiger partial charge >= 0.3 is 0 Å². The van der Waals surface area contributed by atoms with Crippen LogP contribution in [0.3, 0.4) is 0 Å². The number of hydrogen-bond donors (Lipinski definition) is 0. The minimum atomic E-state index is 0.248. The normalized spacial score (nSPS) is 10.2. The quantitative estimate of drug-likeness (QED) is 0.467. The van der Waals surface area contributed by atoms with E-state index in [-0.39, 0.29) is 5.28 Å². The molecular formula is C23H17ClN4O. The van der Waals surface area contributed by atoms with Crippen molar-refractivity contribution in [1.29, 1.82) is 0 Å². The lowest BCUT2D eigenvalue weighted by Gasteiger charge is -2.08. The van der Waals surface area contributed by atoms with Crippen LogP contribution in [-0.4, -0.2) is 19.7 Å². The Labute approximate surface area is 174 Å². The van der Waals surface area contributed by atoms with E-state index in [0.29, 0.717) is 13.2 Å². The number of rotatable bonds is 5. The van der Waals surface area contributed by atoms with Crippen LogP contribution in [-0.2, 0) is 13.2 Å². The van der Waals surface area contributed by atoms with E-state index in [2.05, 4.69) is 33.0 Å². The third-order valence-corrected chi connectivity index (χ3v) is 4.29. The minimum absolute atomic E-state index is 0.248. The average molecular weight is 401 g/mol. The van der Waals surface area contributed by atoms with Gasteiger partial charge in [-0.15, -0.1) is 5.10 Å². The summed E-state index contributed by atoms with van der Waals surface area (Å²) < 4.78 is 7.61. The van der Waals surface area contributed by atoms with E-state index in [1.807, 2.05) is 54.6 Å². The molecule has 29 heavy (non-hydrogen) atoms. The molecule has 4 aromatic rings. The fourth-order valence-electron chi connectivity index (χ4n) is 2.74. The lowest BCUT2D eigenvalue weighted by molar-refractivity contribution is 0.306. The Balaban J connectivity index is 1.35. The highest BCUT2D eigenvalue weighted by Crippen LogP contribution is 2.15. The van der Waals surface area contributed by atoms with Crippen LogP contribution in [0, 0.1) is 11.8 Å². The highest BCUT2D eigenvalue weighted by atomic mass is 35.5. The first-order valence-electron chi connectivity index (χ1n) is 9.02. The SMILES string of the molecule is Clc1ncn(Cc2cccc(COc3ccc(C#Cc4cccnc4)cc3)c2)n1. The summed E-state index contributed by atoms with van der Waals surface area (Å²) in [4.78, 5) is 7.99. The van der Waals surface area contributed by atoms with E-state index in [1.54, 1.807) is 23.4 Å². The summed E-state index contributed by atoms with van der Waals surface area (Å²) in [5.41, 5.74) is 4.00. The van der Waals surface area contributed by atoms with E-state index in [1.165, 1.54) is 0 Å². The summed E-state index contributed by atoms with van der Waals surface area (Å²) in [6.45, 7) is 1.09. The molecule has 2 heterocycles. The van der Waals surface area contributed by atoms with E-state index in [4.69, 9.17) is 16.3 Å². The molecule has 0 spiro atoms. The molecular weight excluding hydrogens is 384 g/mol. The molecule has 2 aromatic carbocycles. The van der Waals surface area contributed by atoms with Gasteiger partial charge in [0.05, 0.1) is 6.54 Å². The molecule has 0 saturated carbocycles. The standard InChI is InChI=1S/C23H17ClN4O/c24-23-26-17-28(27-23)15-20-3-1-4-21(13-20)16-29-22-10-8-18(9-11-22)6-7-19-5-2-12-25-14-19/h1-5,8-14,17H,15-16H2. The van der Waals surface area contributed by atoms with Crippen LogP contribution < -0.4 is 4.74 Å². The number of pyridine rings is 1. The summed E-state index contributed by atoms with van der Waals surface area (Å²) in [5.74, 6) is 7.02. The molecule has 0 fully saturated rings. The molecule has 2 aromatic heterocycles. The Hall–Kier alpha value is -3.62. The van der Waals surface area contributed by atoms with Gasteiger partial charge in [0, 0.05) is 23.5 Å². The summed E-state index contributed by atoms with van der Waals surface area (Å²) in [6.07, 6.45) is 5.09. The molecule has 6 heteroatoms. The Morgan fingerprint density at radius 3 is 2.52 bits per heavy atom. The molecule has 0 N–H and O–H groups in total. The summed E-state index contributed by atoms with van der Waals surface area (Å²) in [7, 11) is 0. The lowest BCUT2D eigenvalue weighted by atomic mass is 10.1. The molecule has 0 saturated heterocycles. The Kier molecular flexibility index (Phi) is 5.84. The predicted molar refractivity (Wildman–Crippen MR) is 112 cm³/mol. The van der Waals surface area contributed by atoms with Crippen molar-refractivity contribution in [3.05, 3.63) is 107 Å². The fraction of sp³-hybridized carbons (Fsp3) is 0.0870. The van der Waals surface area contributed by atoms with Crippen LogP contribution in [0.1, 0.15) is 22.3 Å². The van der Waals surface area contributed by atoms with Gasteiger partial charge in [0.15, 0.2) is 0 Å². The molecule has 4 rings (SSSR count). The van der Waals surface area contributed by atoms with Gasteiger partial charge < -0.3 is 4.74 Å². The van der Waals surface area contributed by atoms with Crippen molar-refractivity contribution in [2.45, 2.75) is 13.2 Å². The molecule has 0 radical (unpaired) electrons. The van der Waals surface area contributed by atoms with Crippen LogP contribution in [0.25, 0.3) is 0 Å². The van der Waals surface area contributed by atoms with Crippen LogP contribution in [0.5, 0.6) is 5.75 Å². The molecule has 0 aliphatic rings. The first-order valence-corrected chi connectivity index (χ1v) is 9.40. The van der Waals surface area contributed by atoms with E-state index >= 15 is 0 Å². The molecule has 0 unspecified atom stereocenters. The van der Waals surface area contributed by atoms with Crippen molar-refractivity contribution < 1.29 is 4.74 Å². The molecule has 142 valence electrons. The number of nitrogens with zero attached hydrogens (tertiary/aromatic N) is 4. The number of hydrogen-bond acceptors (Lipinski definition) is 4. The van der Waals surface area contributed by atoms with Gasteiger partial charge in [-0.2, -0.15) is 0 Å². The summed E-state index contributed by atoms with van der Waals surface area (Å²) in [5, 5.41) is 4.35. The Morgan fingerprint density at radius 2 is 1.76 bits per heavy atom. The largest absolute Gasteiger partial charge is 0.489 e. The maximum Gasteiger partial charge on any atom is 0.242 e. The van der Waals surface area contributed by atoms with Crippen molar-refractivity contribution in [2.75, 3.05) is 0 Å². The van der Waals surface area contributed by atoms with Crippen LogP contribution in [0.15, 0.2) is 79.4 Å². The molecule has 0 aliphatic carbocycles. The molecule has 0 bridgehead atoms. The van der Waals surface area contributed by atoms with Gasteiger partial charge in [-0.1, -0.05) is 36.1 Å². The maximum atomic E-state index is 5.91. The van der Waals surface area contributed by atoms with Crippen molar-refractivity contribution in [3.63, 3.8) is 0 Å². The molecule has 0 atom stereocenters. The van der Waals surface area contributed by atoms with Gasteiger partial charge in [-0.05, 0) is 59.1 Å². The van der Waals surface area contributed by atoms with Gasteiger partial charge in [0.25, 0.3) is 0 Å². The first kappa shape index (κ1) is 18.7. The number of halogens is 1. The molecule has 0 aliphatic heterocycles. The van der Waals surface area contributed by atoms with E-state index in [0.717, 1.165) is 28.0 Å². The topological polar surface area (TPSA) is 52.8 Å². The average Bonchev–Trinajstić information content (AvgIpc) is 3.17. The van der Waals surface area contributed by atoms with E-state index < -0.39 is 0 Å². The number of aromatic nitrogens is 4. The second kappa shape index (κ2) is 9.05. The van der Waals surface area contributed by atoms with Crippen molar-refractivity contribution in [1.82, 2.24) is 19.7 Å². The summed E-state index contributed by atoms with van der Waals surface area (Å²) in [6, 6.07) is 19.7. The van der Waals surface area contributed by atoms with E-state index in [9.17, 15) is 0 Å². The number of ether oxygens (including phenoxy) is 1. The van der Waals surface area contributed by atoms with Crippen molar-refractivity contribution in [2.24, 2.45) is 0 Å². The number of benzene rings is 2. The summed E-state index contributed by atoms with van der Waals surface area (Å²) >= 11 is 5.76. The Morgan fingerprint density at radius 1 is 0.931 bits per heavy atom. The van der Waals surface area contributed by atoms with Gasteiger partial charge in [-0.25, -0.2) is 9.67 Å². The van der Waals surface area contributed by atoms with Crippen molar-refractivity contribution >= 4 is 11.6 Å². The smallest absolute Gasteiger partial charge is 0.242 e. The minimum Gasteiger partial charge on any atom is -0.489 e. The molecule has 0 amide bonds. The third-order valence-electron chi connectivity index (χ3n) is 4.12. The van der Waals surface area contributed by atoms with Crippen LogP contribution >= 0.6 is 11.6 Å². The van der Waals surface area contributed by atoms with Gasteiger partial charge in [0.1, 0.15) is 18.7 Å². The van der Waals surface area contributed by atoms with Gasteiger partial charge in [-0.3, -0.25) is 4.98 Å². The Bertz CT molecular complexity index is 1140. The van der Waals surface area contributed by atoms with Crippen molar-refractivity contribution in [3.8, 4) is 17.6 Å².